The van der Waals surface area contributed by atoms with E-state index in [0.717, 1.165) is 0 Å². The van der Waals surface area contributed by atoms with Gasteiger partial charge in [-0.15, -0.1) is 0 Å². The average Bonchev–Trinajstić information content (AvgIpc) is 2.42. The molecule has 1 rings (SSSR count). The van der Waals surface area contributed by atoms with Gasteiger partial charge in [-0.3, -0.25) is 4.90 Å². The van der Waals surface area contributed by atoms with Crippen LogP contribution in [-0.4, -0.2) is 46.8 Å². The predicted octanol–water partition coefficient (Wildman–Crippen LogP) is 1.22. The highest BCUT2D eigenvalue weighted by Crippen LogP contribution is 2.20. The second kappa shape index (κ2) is 4.81. The average molecular weight is 214 g/mol. The fourth-order valence-electron chi connectivity index (χ4n) is 2.35. The van der Waals surface area contributed by atoms with Gasteiger partial charge in [0.25, 0.3) is 0 Å². The van der Waals surface area contributed by atoms with E-state index in [1.54, 1.807) is 0 Å². The number of aliphatic hydroxyl groups is 1. The third-order valence-electron chi connectivity index (χ3n) is 3.26. The SMILES string of the molecule is CC(C)N1CCC(NCC(C)(C)O)C1C. The fourth-order valence-corrected chi connectivity index (χ4v) is 2.35. The largest absolute Gasteiger partial charge is 0.389 e. The molecule has 0 amide bonds. The fraction of sp³-hybridized carbons (Fsp3) is 1.00. The Morgan fingerprint density at radius 2 is 2.07 bits per heavy atom. The van der Waals surface area contributed by atoms with E-state index >= 15 is 0 Å². The Labute approximate surface area is 93.9 Å². The lowest BCUT2D eigenvalue weighted by atomic mass is 10.1. The van der Waals surface area contributed by atoms with Crippen molar-refractivity contribution < 1.29 is 5.11 Å². The van der Waals surface area contributed by atoms with Gasteiger partial charge in [0.1, 0.15) is 0 Å². The minimum atomic E-state index is -0.606. The summed E-state index contributed by atoms with van der Waals surface area (Å²) < 4.78 is 0. The lowest BCUT2D eigenvalue weighted by molar-refractivity contribution is 0.0742. The summed E-state index contributed by atoms with van der Waals surface area (Å²) in [7, 11) is 0. The molecular formula is C12H26N2O. The van der Waals surface area contributed by atoms with Crippen LogP contribution in [0.5, 0.6) is 0 Å². The minimum absolute atomic E-state index is 0.527. The first kappa shape index (κ1) is 12.9. The Morgan fingerprint density at radius 1 is 1.47 bits per heavy atom. The van der Waals surface area contributed by atoms with Crippen molar-refractivity contribution in [2.75, 3.05) is 13.1 Å². The molecule has 15 heavy (non-hydrogen) atoms. The van der Waals surface area contributed by atoms with Crippen LogP contribution < -0.4 is 5.32 Å². The number of nitrogens with one attached hydrogen (secondary N) is 1. The first-order valence-electron chi connectivity index (χ1n) is 6.03. The zero-order chi connectivity index (χ0) is 11.6. The lowest BCUT2D eigenvalue weighted by Gasteiger charge is -2.29. The van der Waals surface area contributed by atoms with Crippen LogP contribution >= 0.6 is 0 Å². The van der Waals surface area contributed by atoms with Crippen LogP contribution in [0.15, 0.2) is 0 Å². The van der Waals surface area contributed by atoms with E-state index in [9.17, 15) is 5.11 Å². The number of likely N-dealkylation sites (tertiary alicyclic amines) is 1. The predicted molar refractivity (Wildman–Crippen MR) is 64.0 cm³/mol. The van der Waals surface area contributed by atoms with Gasteiger partial charge in [0, 0.05) is 31.2 Å². The van der Waals surface area contributed by atoms with E-state index in [2.05, 4.69) is 31.0 Å². The maximum atomic E-state index is 9.66. The van der Waals surface area contributed by atoms with E-state index in [1.165, 1.54) is 13.0 Å². The van der Waals surface area contributed by atoms with Gasteiger partial charge in [-0.25, -0.2) is 0 Å². The molecular weight excluding hydrogens is 188 g/mol. The molecule has 1 saturated heterocycles. The summed E-state index contributed by atoms with van der Waals surface area (Å²) in [6, 6.07) is 1.72. The maximum absolute atomic E-state index is 9.66. The van der Waals surface area contributed by atoms with Crippen LogP contribution in [0.3, 0.4) is 0 Å². The molecule has 0 radical (unpaired) electrons. The van der Waals surface area contributed by atoms with Crippen molar-refractivity contribution in [2.45, 2.75) is 64.8 Å². The standard InChI is InChI=1S/C12H26N2O/c1-9(2)14-7-6-11(10(14)3)13-8-12(4,5)15/h9-11,13,15H,6-8H2,1-5H3. The molecule has 0 aliphatic carbocycles. The summed E-state index contributed by atoms with van der Waals surface area (Å²) in [5.74, 6) is 0. The molecule has 0 saturated carbocycles. The van der Waals surface area contributed by atoms with Crippen molar-refractivity contribution in [2.24, 2.45) is 0 Å². The van der Waals surface area contributed by atoms with E-state index in [0.29, 0.717) is 24.7 Å². The molecule has 1 aliphatic heterocycles. The minimum Gasteiger partial charge on any atom is -0.389 e. The highest BCUT2D eigenvalue weighted by molar-refractivity contribution is 4.91. The van der Waals surface area contributed by atoms with Crippen molar-refractivity contribution in [1.29, 1.82) is 0 Å². The monoisotopic (exact) mass is 214 g/mol. The van der Waals surface area contributed by atoms with E-state index in [1.807, 2.05) is 13.8 Å². The molecule has 2 unspecified atom stereocenters. The summed E-state index contributed by atoms with van der Waals surface area (Å²) in [5.41, 5.74) is -0.606. The molecule has 1 heterocycles. The summed E-state index contributed by atoms with van der Waals surface area (Å²) in [4.78, 5) is 2.52. The van der Waals surface area contributed by atoms with Crippen molar-refractivity contribution >= 4 is 0 Å². The molecule has 1 aliphatic rings. The Kier molecular flexibility index (Phi) is 4.15. The highest BCUT2D eigenvalue weighted by atomic mass is 16.3. The highest BCUT2D eigenvalue weighted by Gasteiger charge is 2.32. The second-order valence-corrected chi connectivity index (χ2v) is 5.66. The van der Waals surface area contributed by atoms with Gasteiger partial charge in [0.2, 0.25) is 0 Å². The lowest BCUT2D eigenvalue weighted by Crippen LogP contribution is -2.47. The van der Waals surface area contributed by atoms with Gasteiger partial charge >= 0.3 is 0 Å². The van der Waals surface area contributed by atoms with E-state index in [4.69, 9.17) is 0 Å². The zero-order valence-electron chi connectivity index (χ0n) is 10.7. The first-order valence-corrected chi connectivity index (χ1v) is 6.03. The normalized spacial score (nSPS) is 29.0. The molecule has 0 bridgehead atoms. The Bertz CT molecular complexity index is 198. The third kappa shape index (κ3) is 3.74. The van der Waals surface area contributed by atoms with Gasteiger partial charge in [-0.05, 0) is 41.0 Å². The third-order valence-corrected chi connectivity index (χ3v) is 3.26. The molecule has 2 atom stereocenters. The van der Waals surface area contributed by atoms with Crippen LogP contribution in [0.25, 0.3) is 0 Å². The second-order valence-electron chi connectivity index (χ2n) is 5.66. The van der Waals surface area contributed by atoms with E-state index in [-0.39, 0.29) is 0 Å². The quantitative estimate of drug-likeness (QED) is 0.738. The van der Waals surface area contributed by atoms with Crippen LogP contribution in [0, 0.1) is 0 Å². The Balaban J connectivity index is 2.40. The Hall–Kier alpha value is -0.120. The summed E-state index contributed by atoms with van der Waals surface area (Å²) in [6.45, 7) is 12.3. The van der Waals surface area contributed by atoms with Crippen LogP contribution in [-0.2, 0) is 0 Å². The molecule has 2 N–H and O–H groups in total. The molecule has 0 aromatic rings. The smallest absolute Gasteiger partial charge is 0.0715 e. The number of nitrogens with zero attached hydrogens (tertiary/aromatic N) is 1. The number of rotatable bonds is 4. The Morgan fingerprint density at radius 3 is 2.47 bits per heavy atom. The van der Waals surface area contributed by atoms with Crippen LogP contribution in [0.1, 0.15) is 41.0 Å². The first-order chi connectivity index (χ1) is 6.81. The molecule has 3 nitrogen and oxygen atoms in total. The van der Waals surface area contributed by atoms with Gasteiger partial charge in [-0.1, -0.05) is 0 Å². The van der Waals surface area contributed by atoms with Crippen LogP contribution in [0.2, 0.25) is 0 Å². The molecule has 0 spiro atoms. The molecule has 0 aromatic heterocycles. The van der Waals surface area contributed by atoms with Crippen LogP contribution in [0.4, 0.5) is 0 Å². The van der Waals surface area contributed by atoms with Crippen molar-refractivity contribution in [3.05, 3.63) is 0 Å². The number of hydrogen-bond donors (Lipinski definition) is 2. The van der Waals surface area contributed by atoms with Crippen molar-refractivity contribution in [1.82, 2.24) is 10.2 Å². The van der Waals surface area contributed by atoms with Gasteiger partial charge in [0.15, 0.2) is 0 Å². The maximum Gasteiger partial charge on any atom is 0.0715 e. The topological polar surface area (TPSA) is 35.5 Å². The molecule has 1 fully saturated rings. The summed E-state index contributed by atoms with van der Waals surface area (Å²) in [6.07, 6.45) is 1.19. The van der Waals surface area contributed by atoms with Crippen molar-refractivity contribution in [3.8, 4) is 0 Å². The summed E-state index contributed by atoms with van der Waals surface area (Å²) >= 11 is 0. The van der Waals surface area contributed by atoms with Gasteiger partial charge in [0.05, 0.1) is 5.60 Å². The zero-order valence-corrected chi connectivity index (χ0v) is 10.7. The molecule has 0 aromatic carbocycles. The van der Waals surface area contributed by atoms with Gasteiger partial charge in [-0.2, -0.15) is 0 Å². The summed E-state index contributed by atoms with van der Waals surface area (Å²) in [5, 5.41) is 13.1. The van der Waals surface area contributed by atoms with E-state index < -0.39 is 5.60 Å². The van der Waals surface area contributed by atoms with Gasteiger partial charge < -0.3 is 10.4 Å². The molecule has 90 valence electrons. The van der Waals surface area contributed by atoms with Crippen molar-refractivity contribution in [3.63, 3.8) is 0 Å². The molecule has 3 heteroatoms. The number of hydrogen-bond acceptors (Lipinski definition) is 3.